The standard InChI is InChI=1S/C19H20BrNO3/c1-11-4-5-14(12(2)8-11)19(22)21-13(3)15-9-17-18(10-16(15)20)24-7-6-23-17/h4-5,8-10,13H,6-7H2,1-3H3,(H,21,22). The molecule has 1 atom stereocenters. The van der Waals surface area contributed by atoms with Crippen LogP contribution in [0.3, 0.4) is 0 Å². The van der Waals surface area contributed by atoms with Gasteiger partial charge in [0, 0.05) is 10.0 Å². The fourth-order valence-corrected chi connectivity index (χ4v) is 3.50. The van der Waals surface area contributed by atoms with E-state index in [2.05, 4.69) is 21.2 Å². The fourth-order valence-electron chi connectivity index (χ4n) is 2.83. The average molecular weight is 390 g/mol. The monoisotopic (exact) mass is 389 g/mol. The Labute approximate surface area is 150 Å². The van der Waals surface area contributed by atoms with Gasteiger partial charge >= 0.3 is 0 Å². The number of amides is 1. The van der Waals surface area contributed by atoms with Crippen molar-refractivity contribution in [2.75, 3.05) is 13.2 Å². The fraction of sp³-hybridized carbons (Fsp3) is 0.316. The van der Waals surface area contributed by atoms with Gasteiger partial charge in [0.2, 0.25) is 0 Å². The molecule has 4 nitrogen and oxygen atoms in total. The summed E-state index contributed by atoms with van der Waals surface area (Å²) in [5.41, 5.74) is 3.77. The van der Waals surface area contributed by atoms with Crippen LogP contribution in [0.5, 0.6) is 11.5 Å². The molecule has 126 valence electrons. The predicted octanol–water partition coefficient (Wildman–Crippen LogP) is 4.33. The van der Waals surface area contributed by atoms with Crippen molar-refractivity contribution < 1.29 is 14.3 Å². The Morgan fingerprint density at radius 3 is 2.46 bits per heavy atom. The van der Waals surface area contributed by atoms with Crippen LogP contribution in [0.4, 0.5) is 0 Å². The number of benzene rings is 2. The highest BCUT2D eigenvalue weighted by molar-refractivity contribution is 9.10. The maximum atomic E-state index is 12.6. The summed E-state index contributed by atoms with van der Waals surface area (Å²) in [7, 11) is 0. The lowest BCUT2D eigenvalue weighted by atomic mass is 10.0. The van der Waals surface area contributed by atoms with E-state index in [1.807, 2.05) is 51.1 Å². The van der Waals surface area contributed by atoms with E-state index >= 15 is 0 Å². The lowest BCUT2D eigenvalue weighted by Gasteiger charge is -2.22. The van der Waals surface area contributed by atoms with Gasteiger partial charge < -0.3 is 14.8 Å². The molecular weight excluding hydrogens is 370 g/mol. The van der Waals surface area contributed by atoms with Crippen molar-refractivity contribution in [1.82, 2.24) is 5.32 Å². The molecule has 0 aliphatic carbocycles. The van der Waals surface area contributed by atoms with Crippen molar-refractivity contribution in [3.63, 3.8) is 0 Å². The molecule has 5 heteroatoms. The summed E-state index contributed by atoms with van der Waals surface area (Å²) in [5, 5.41) is 3.06. The van der Waals surface area contributed by atoms with Gasteiger partial charge in [-0.3, -0.25) is 4.79 Å². The van der Waals surface area contributed by atoms with Crippen molar-refractivity contribution in [2.24, 2.45) is 0 Å². The number of rotatable bonds is 3. The molecule has 0 saturated heterocycles. The van der Waals surface area contributed by atoms with Crippen molar-refractivity contribution >= 4 is 21.8 Å². The molecule has 0 radical (unpaired) electrons. The smallest absolute Gasteiger partial charge is 0.252 e. The molecular formula is C19H20BrNO3. The van der Waals surface area contributed by atoms with Gasteiger partial charge in [0.15, 0.2) is 11.5 Å². The third-order valence-corrected chi connectivity index (χ3v) is 4.79. The normalized spacial score (nSPS) is 14.2. The lowest BCUT2D eigenvalue weighted by Crippen LogP contribution is -2.27. The van der Waals surface area contributed by atoms with Crippen LogP contribution >= 0.6 is 15.9 Å². The Morgan fingerprint density at radius 2 is 1.79 bits per heavy atom. The molecule has 0 saturated carbocycles. The van der Waals surface area contributed by atoms with Gasteiger partial charge in [-0.15, -0.1) is 0 Å². The predicted molar refractivity (Wildman–Crippen MR) is 96.9 cm³/mol. The Balaban J connectivity index is 1.81. The van der Waals surface area contributed by atoms with E-state index in [1.165, 1.54) is 0 Å². The minimum absolute atomic E-state index is 0.0817. The number of nitrogens with one attached hydrogen (secondary N) is 1. The second-order valence-corrected chi connectivity index (χ2v) is 6.89. The maximum absolute atomic E-state index is 12.6. The SMILES string of the molecule is Cc1ccc(C(=O)NC(C)c2cc3c(cc2Br)OCCO3)c(C)c1. The number of carbonyl (C=O) groups excluding carboxylic acids is 1. The number of fused-ring (bicyclic) bond motifs is 1. The molecule has 1 aliphatic rings. The largest absolute Gasteiger partial charge is 0.486 e. The van der Waals surface area contributed by atoms with Gasteiger partial charge in [-0.05, 0) is 50.1 Å². The van der Waals surface area contributed by atoms with E-state index in [0.717, 1.165) is 26.9 Å². The molecule has 3 rings (SSSR count). The van der Waals surface area contributed by atoms with Crippen LogP contribution in [0.1, 0.15) is 40.0 Å². The molecule has 1 unspecified atom stereocenters. The zero-order valence-electron chi connectivity index (χ0n) is 14.0. The number of hydrogen-bond donors (Lipinski definition) is 1. The molecule has 2 aromatic carbocycles. The van der Waals surface area contributed by atoms with E-state index in [-0.39, 0.29) is 11.9 Å². The van der Waals surface area contributed by atoms with Gasteiger partial charge in [-0.25, -0.2) is 0 Å². The summed E-state index contributed by atoms with van der Waals surface area (Å²) in [6.07, 6.45) is 0. The lowest BCUT2D eigenvalue weighted by molar-refractivity contribution is 0.0939. The molecule has 0 bridgehead atoms. The van der Waals surface area contributed by atoms with Crippen LogP contribution in [-0.4, -0.2) is 19.1 Å². The number of hydrogen-bond acceptors (Lipinski definition) is 3. The first-order valence-corrected chi connectivity index (χ1v) is 8.72. The average Bonchev–Trinajstić information content (AvgIpc) is 2.53. The van der Waals surface area contributed by atoms with Gasteiger partial charge in [-0.1, -0.05) is 33.6 Å². The molecule has 1 heterocycles. The van der Waals surface area contributed by atoms with Gasteiger partial charge in [0.1, 0.15) is 13.2 Å². The third kappa shape index (κ3) is 3.41. The second-order valence-electron chi connectivity index (χ2n) is 6.03. The molecule has 0 spiro atoms. The molecule has 0 aromatic heterocycles. The van der Waals surface area contributed by atoms with Crippen molar-refractivity contribution in [1.29, 1.82) is 0 Å². The first-order chi connectivity index (χ1) is 11.5. The van der Waals surface area contributed by atoms with Gasteiger partial charge in [0.05, 0.1) is 6.04 Å². The molecule has 0 fully saturated rings. The zero-order valence-corrected chi connectivity index (χ0v) is 15.6. The van der Waals surface area contributed by atoms with Crippen molar-refractivity contribution in [3.05, 3.63) is 57.1 Å². The van der Waals surface area contributed by atoms with E-state index < -0.39 is 0 Å². The van der Waals surface area contributed by atoms with E-state index in [9.17, 15) is 4.79 Å². The highest BCUT2D eigenvalue weighted by atomic mass is 79.9. The molecule has 24 heavy (non-hydrogen) atoms. The quantitative estimate of drug-likeness (QED) is 0.849. The first kappa shape index (κ1) is 16.8. The maximum Gasteiger partial charge on any atom is 0.252 e. The summed E-state index contributed by atoms with van der Waals surface area (Å²) >= 11 is 3.56. The topological polar surface area (TPSA) is 47.6 Å². The summed E-state index contributed by atoms with van der Waals surface area (Å²) in [6.45, 7) is 7.02. The molecule has 1 aliphatic heterocycles. The van der Waals surface area contributed by atoms with Gasteiger partial charge in [0.25, 0.3) is 5.91 Å². The second kappa shape index (κ2) is 6.85. The Kier molecular flexibility index (Phi) is 4.81. The third-order valence-electron chi connectivity index (χ3n) is 4.10. The summed E-state index contributed by atoms with van der Waals surface area (Å²) in [4.78, 5) is 12.6. The minimum atomic E-state index is -0.164. The Bertz CT molecular complexity index is 788. The van der Waals surface area contributed by atoms with Crippen LogP contribution in [0.2, 0.25) is 0 Å². The first-order valence-electron chi connectivity index (χ1n) is 7.93. The summed E-state index contributed by atoms with van der Waals surface area (Å²) < 4.78 is 12.1. The molecule has 1 amide bonds. The van der Waals surface area contributed by atoms with Crippen LogP contribution in [0, 0.1) is 13.8 Å². The van der Waals surface area contributed by atoms with Crippen LogP contribution in [0.15, 0.2) is 34.8 Å². The van der Waals surface area contributed by atoms with Crippen molar-refractivity contribution in [2.45, 2.75) is 26.8 Å². The van der Waals surface area contributed by atoms with E-state index in [1.54, 1.807) is 0 Å². The molecule has 1 N–H and O–H groups in total. The summed E-state index contributed by atoms with van der Waals surface area (Å²) in [5.74, 6) is 1.36. The van der Waals surface area contributed by atoms with Crippen molar-refractivity contribution in [3.8, 4) is 11.5 Å². The summed E-state index contributed by atoms with van der Waals surface area (Å²) in [6, 6.07) is 9.48. The number of aryl methyl sites for hydroxylation is 2. The number of ether oxygens (including phenoxy) is 2. The molecule has 2 aromatic rings. The van der Waals surface area contributed by atoms with Crippen LogP contribution in [0.25, 0.3) is 0 Å². The van der Waals surface area contributed by atoms with Gasteiger partial charge in [-0.2, -0.15) is 0 Å². The zero-order chi connectivity index (χ0) is 17.3. The van der Waals surface area contributed by atoms with E-state index in [4.69, 9.17) is 9.47 Å². The highest BCUT2D eigenvalue weighted by Crippen LogP contribution is 2.37. The minimum Gasteiger partial charge on any atom is -0.486 e. The van der Waals surface area contributed by atoms with Crippen LogP contribution in [-0.2, 0) is 0 Å². The number of carbonyl (C=O) groups is 1. The Hall–Kier alpha value is -2.01. The van der Waals surface area contributed by atoms with Crippen LogP contribution < -0.4 is 14.8 Å². The Morgan fingerprint density at radius 1 is 1.12 bits per heavy atom. The van der Waals surface area contributed by atoms with E-state index in [0.29, 0.717) is 24.5 Å². The number of halogens is 1. The highest BCUT2D eigenvalue weighted by Gasteiger charge is 2.20.